The van der Waals surface area contributed by atoms with Gasteiger partial charge in [-0.1, -0.05) is 48.3 Å². The van der Waals surface area contributed by atoms with Gasteiger partial charge >= 0.3 is 0 Å². The van der Waals surface area contributed by atoms with E-state index in [2.05, 4.69) is 5.32 Å². The molecule has 1 nitrogen and oxygen atoms in total. The molecule has 1 N–H and O–H groups in total. The average Bonchev–Trinajstić information content (AvgIpc) is 2.44. The summed E-state index contributed by atoms with van der Waals surface area (Å²) >= 11 is 11.6. The lowest BCUT2D eigenvalue weighted by Crippen LogP contribution is -2.24. The highest BCUT2D eigenvalue weighted by Crippen LogP contribution is 2.27. The minimum absolute atomic E-state index is 0.0620. The molecule has 0 spiro atoms. The van der Waals surface area contributed by atoms with Gasteiger partial charge in [0.25, 0.3) is 0 Å². The summed E-state index contributed by atoms with van der Waals surface area (Å²) in [5.41, 5.74) is 0.906. The highest BCUT2D eigenvalue weighted by Gasteiger charge is 2.18. The van der Waals surface area contributed by atoms with E-state index in [0.29, 0.717) is 29.1 Å². The predicted octanol–water partition coefficient (Wildman–Crippen LogP) is 5.16. The Hall–Kier alpha value is -1.16. The van der Waals surface area contributed by atoms with E-state index < -0.39 is 11.6 Å². The fourth-order valence-corrected chi connectivity index (χ4v) is 2.58. The maximum Gasteiger partial charge on any atom is 0.146 e. The minimum atomic E-state index is -0.473. The van der Waals surface area contributed by atoms with Gasteiger partial charge < -0.3 is 5.32 Å². The summed E-state index contributed by atoms with van der Waals surface area (Å²) in [6.07, 6.45) is 0.314. The van der Waals surface area contributed by atoms with Crippen LogP contribution in [0.4, 0.5) is 8.78 Å². The van der Waals surface area contributed by atoms with Gasteiger partial charge in [0.1, 0.15) is 11.6 Å². The van der Waals surface area contributed by atoms with Crippen LogP contribution in [0.1, 0.15) is 24.1 Å². The highest BCUT2D eigenvalue weighted by atomic mass is 35.5. The Labute approximate surface area is 132 Å². The number of hydrogen-bond acceptors (Lipinski definition) is 1. The van der Waals surface area contributed by atoms with Crippen LogP contribution in [0.15, 0.2) is 36.4 Å². The first-order valence-electron chi connectivity index (χ1n) is 6.64. The van der Waals surface area contributed by atoms with Gasteiger partial charge in [-0.2, -0.15) is 0 Å². The van der Waals surface area contributed by atoms with E-state index in [9.17, 15) is 8.78 Å². The molecule has 0 saturated heterocycles. The van der Waals surface area contributed by atoms with Crippen molar-refractivity contribution in [3.05, 3.63) is 69.2 Å². The molecule has 5 heteroatoms. The van der Waals surface area contributed by atoms with Gasteiger partial charge in [-0.15, -0.1) is 0 Å². The van der Waals surface area contributed by atoms with E-state index in [0.717, 1.165) is 0 Å². The molecule has 0 aliphatic carbocycles. The van der Waals surface area contributed by atoms with Gasteiger partial charge in [0.2, 0.25) is 0 Å². The van der Waals surface area contributed by atoms with Crippen LogP contribution in [0.3, 0.4) is 0 Å². The maximum atomic E-state index is 14.2. The second-order valence-corrected chi connectivity index (χ2v) is 5.54. The number of hydrogen-bond donors (Lipinski definition) is 1. The summed E-state index contributed by atoms with van der Waals surface area (Å²) in [4.78, 5) is 0. The van der Waals surface area contributed by atoms with Crippen molar-refractivity contribution >= 4 is 23.2 Å². The van der Waals surface area contributed by atoms with Gasteiger partial charge in [0, 0.05) is 16.6 Å². The molecule has 21 heavy (non-hydrogen) atoms. The van der Waals surface area contributed by atoms with E-state index in [-0.39, 0.29) is 11.1 Å². The lowest BCUT2D eigenvalue weighted by molar-refractivity contribution is 0.498. The Morgan fingerprint density at radius 2 is 1.90 bits per heavy atom. The van der Waals surface area contributed by atoms with Crippen molar-refractivity contribution in [2.45, 2.75) is 19.4 Å². The van der Waals surface area contributed by atoms with E-state index in [1.807, 2.05) is 6.92 Å². The summed E-state index contributed by atoms with van der Waals surface area (Å²) in [5.74, 6) is -0.868. The van der Waals surface area contributed by atoms with Crippen LogP contribution in [0.2, 0.25) is 10.0 Å². The first-order valence-corrected chi connectivity index (χ1v) is 7.39. The van der Waals surface area contributed by atoms with Crippen molar-refractivity contribution in [3.63, 3.8) is 0 Å². The molecule has 0 aromatic heterocycles. The highest BCUT2D eigenvalue weighted by molar-refractivity contribution is 6.31. The van der Waals surface area contributed by atoms with Crippen molar-refractivity contribution in [1.82, 2.24) is 5.32 Å². The fourth-order valence-electron chi connectivity index (χ4n) is 2.24. The molecule has 0 fully saturated rings. The molecule has 1 unspecified atom stereocenters. The third kappa shape index (κ3) is 3.94. The van der Waals surface area contributed by atoms with Crippen LogP contribution >= 0.6 is 23.2 Å². The van der Waals surface area contributed by atoms with Crippen molar-refractivity contribution in [2.24, 2.45) is 0 Å². The SMILES string of the molecule is CCNC(Cc1ccc(Cl)cc1F)c1cccc(Cl)c1F. The van der Waals surface area contributed by atoms with Crippen LogP contribution < -0.4 is 5.32 Å². The first kappa shape index (κ1) is 16.2. The standard InChI is InChI=1S/C16H15Cl2F2N/c1-2-21-15(12-4-3-5-13(18)16(12)20)8-10-6-7-11(17)9-14(10)19/h3-7,9,15,21H,2,8H2,1H3. The molecule has 2 aromatic carbocycles. The minimum Gasteiger partial charge on any atom is -0.310 e. The molecule has 0 bridgehead atoms. The average molecular weight is 330 g/mol. The second kappa shape index (κ2) is 7.21. The summed E-state index contributed by atoms with van der Waals surface area (Å²) in [6, 6.07) is 8.97. The summed E-state index contributed by atoms with van der Waals surface area (Å²) < 4.78 is 28.1. The number of likely N-dealkylation sites (N-methyl/N-ethyl adjacent to an activating group) is 1. The van der Waals surface area contributed by atoms with E-state index in [1.165, 1.54) is 12.1 Å². The maximum absolute atomic E-state index is 14.2. The zero-order valence-electron chi connectivity index (χ0n) is 11.5. The fraction of sp³-hybridized carbons (Fsp3) is 0.250. The summed E-state index contributed by atoms with van der Waals surface area (Å²) in [6.45, 7) is 2.54. The van der Waals surface area contributed by atoms with E-state index in [1.54, 1.807) is 24.3 Å². The molecule has 1 atom stereocenters. The molecule has 2 rings (SSSR count). The molecule has 0 amide bonds. The lowest BCUT2D eigenvalue weighted by Gasteiger charge is -2.20. The van der Waals surface area contributed by atoms with Crippen LogP contribution in [0.5, 0.6) is 0 Å². The number of rotatable bonds is 5. The van der Waals surface area contributed by atoms with E-state index in [4.69, 9.17) is 23.2 Å². The molecule has 0 aliphatic heterocycles. The molecule has 2 aromatic rings. The zero-order valence-corrected chi connectivity index (χ0v) is 13.0. The molecule has 0 aliphatic rings. The largest absolute Gasteiger partial charge is 0.310 e. The monoisotopic (exact) mass is 329 g/mol. The van der Waals surface area contributed by atoms with Gasteiger partial charge in [0.05, 0.1) is 5.02 Å². The Morgan fingerprint density at radius 3 is 2.57 bits per heavy atom. The summed E-state index contributed by atoms with van der Waals surface area (Å²) in [7, 11) is 0. The second-order valence-electron chi connectivity index (χ2n) is 4.69. The quantitative estimate of drug-likeness (QED) is 0.798. The van der Waals surface area contributed by atoms with Gasteiger partial charge in [0.15, 0.2) is 0 Å². The molecule has 0 saturated carbocycles. The Balaban J connectivity index is 2.33. The van der Waals surface area contributed by atoms with Gasteiger partial charge in [-0.25, -0.2) is 8.78 Å². The third-order valence-electron chi connectivity index (χ3n) is 3.25. The van der Waals surface area contributed by atoms with Gasteiger partial charge in [-0.3, -0.25) is 0 Å². The number of halogens is 4. The van der Waals surface area contributed by atoms with Crippen LogP contribution in [-0.2, 0) is 6.42 Å². The van der Waals surface area contributed by atoms with Crippen LogP contribution in [0, 0.1) is 11.6 Å². The third-order valence-corrected chi connectivity index (χ3v) is 3.77. The van der Waals surface area contributed by atoms with Crippen molar-refractivity contribution in [1.29, 1.82) is 0 Å². The molecular weight excluding hydrogens is 315 g/mol. The zero-order chi connectivity index (χ0) is 15.4. The Bertz CT molecular complexity index is 632. The first-order chi connectivity index (χ1) is 10.0. The van der Waals surface area contributed by atoms with E-state index >= 15 is 0 Å². The molecule has 0 radical (unpaired) electrons. The Morgan fingerprint density at radius 1 is 1.14 bits per heavy atom. The smallest absolute Gasteiger partial charge is 0.146 e. The molecule has 112 valence electrons. The van der Waals surface area contributed by atoms with Crippen molar-refractivity contribution in [3.8, 4) is 0 Å². The predicted molar refractivity (Wildman–Crippen MR) is 82.9 cm³/mol. The molecule has 0 heterocycles. The summed E-state index contributed by atoms with van der Waals surface area (Å²) in [5, 5.41) is 3.56. The topological polar surface area (TPSA) is 12.0 Å². The van der Waals surface area contributed by atoms with Crippen molar-refractivity contribution in [2.75, 3.05) is 6.54 Å². The Kier molecular flexibility index (Phi) is 5.57. The molecular formula is C16H15Cl2F2N. The normalized spacial score (nSPS) is 12.4. The number of benzene rings is 2. The van der Waals surface area contributed by atoms with Crippen LogP contribution in [0.25, 0.3) is 0 Å². The lowest BCUT2D eigenvalue weighted by atomic mass is 9.98. The van der Waals surface area contributed by atoms with Gasteiger partial charge in [-0.05, 0) is 36.7 Å². The van der Waals surface area contributed by atoms with Crippen LogP contribution in [-0.4, -0.2) is 6.54 Å². The number of nitrogens with one attached hydrogen (secondary N) is 1. The van der Waals surface area contributed by atoms with Crippen molar-refractivity contribution < 1.29 is 8.78 Å².